The number of anilines is 1. The summed E-state index contributed by atoms with van der Waals surface area (Å²) in [6, 6.07) is 16.0. The summed E-state index contributed by atoms with van der Waals surface area (Å²) in [4.78, 5) is 12.3. The van der Waals surface area contributed by atoms with E-state index in [0.29, 0.717) is 17.3 Å². The van der Waals surface area contributed by atoms with Crippen molar-refractivity contribution in [3.05, 3.63) is 78.0 Å². The summed E-state index contributed by atoms with van der Waals surface area (Å²) in [5.41, 5.74) is 0.124. The Morgan fingerprint density at radius 1 is 1.04 bits per heavy atom. The molecule has 1 heterocycles. The number of nitrogens with one attached hydrogen (secondary N) is 1. The van der Waals surface area contributed by atoms with E-state index < -0.39 is 17.7 Å². The zero-order valence-electron chi connectivity index (χ0n) is 14.2. The molecule has 1 aromatic heterocycles. The van der Waals surface area contributed by atoms with Gasteiger partial charge in [0.2, 0.25) is 5.91 Å². The number of hydrogen-bond acceptors (Lipinski definition) is 3. The summed E-state index contributed by atoms with van der Waals surface area (Å²) in [6.45, 7) is 1.59. The van der Waals surface area contributed by atoms with Gasteiger partial charge < -0.3 is 9.84 Å². The second-order valence-electron chi connectivity index (χ2n) is 5.75. The molecule has 2 aromatic carbocycles. The number of nitrogens with zero attached hydrogens (tertiary/aromatic N) is 1. The standard InChI is InChI=1S/C20H15F3N2O2/c1-13-18(19(27-25-13)15-10-6-3-7-11-15)24-17(26)12-16(20(21,22)23)14-8-4-2-5-9-14/h2-12H,1H3,(H,24,26). The molecule has 1 N–H and O–H groups in total. The van der Waals surface area contributed by atoms with Crippen molar-refractivity contribution >= 4 is 17.2 Å². The largest absolute Gasteiger partial charge is 0.417 e. The molecule has 0 saturated carbocycles. The SMILES string of the molecule is Cc1noc(-c2ccccc2)c1NC(=O)C=C(c1ccccc1)C(F)(F)F. The van der Waals surface area contributed by atoms with Gasteiger partial charge in [-0.25, -0.2) is 0 Å². The van der Waals surface area contributed by atoms with Crippen molar-refractivity contribution in [3.63, 3.8) is 0 Å². The predicted molar refractivity (Wildman–Crippen MR) is 95.8 cm³/mol. The predicted octanol–water partition coefficient (Wildman–Crippen LogP) is 5.23. The Hall–Kier alpha value is -3.35. The lowest BCUT2D eigenvalue weighted by Gasteiger charge is -2.12. The molecule has 0 saturated heterocycles. The molecule has 0 aliphatic heterocycles. The average molecular weight is 372 g/mol. The quantitative estimate of drug-likeness (QED) is 0.638. The third-order valence-electron chi connectivity index (χ3n) is 3.81. The molecule has 0 aliphatic rings. The van der Waals surface area contributed by atoms with E-state index in [1.54, 1.807) is 37.3 Å². The topological polar surface area (TPSA) is 55.1 Å². The van der Waals surface area contributed by atoms with Crippen LogP contribution in [0.2, 0.25) is 0 Å². The average Bonchev–Trinajstić information content (AvgIpc) is 3.01. The minimum atomic E-state index is -4.68. The maximum Gasteiger partial charge on any atom is 0.417 e. The van der Waals surface area contributed by atoms with E-state index in [9.17, 15) is 18.0 Å². The molecule has 27 heavy (non-hydrogen) atoms. The van der Waals surface area contributed by atoms with Gasteiger partial charge in [-0.2, -0.15) is 13.2 Å². The summed E-state index contributed by atoms with van der Waals surface area (Å²) in [6.07, 6.45) is -4.14. The fourth-order valence-electron chi connectivity index (χ4n) is 2.54. The molecule has 0 fully saturated rings. The van der Waals surface area contributed by atoms with E-state index in [4.69, 9.17) is 4.52 Å². The van der Waals surface area contributed by atoms with Crippen LogP contribution in [0.4, 0.5) is 18.9 Å². The number of carbonyl (C=O) groups is 1. The van der Waals surface area contributed by atoms with Crippen LogP contribution in [-0.4, -0.2) is 17.2 Å². The maximum absolute atomic E-state index is 13.4. The van der Waals surface area contributed by atoms with Gasteiger partial charge in [0.1, 0.15) is 11.4 Å². The van der Waals surface area contributed by atoms with Gasteiger partial charge in [-0.1, -0.05) is 65.8 Å². The lowest BCUT2D eigenvalue weighted by atomic mass is 10.0. The van der Waals surface area contributed by atoms with Crippen molar-refractivity contribution < 1.29 is 22.5 Å². The first-order valence-electron chi connectivity index (χ1n) is 8.03. The van der Waals surface area contributed by atoms with Gasteiger partial charge in [0.25, 0.3) is 0 Å². The molecule has 3 aromatic rings. The van der Waals surface area contributed by atoms with Gasteiger partial charge in [-0.05, 0) is 12.5 Å². The Kier molecular flexibility index (Phi) is 5.12. The molecular formula is C20H15F3N2O2. The normalized spacial score (nSPS) is 12.1. The molecule has 4 nitrogen and oxygen atoms in total. The van der Waals surface area contributed by atoms with Crippen LogP contribution in [0.15, 0.2) is 71.3 Å². The molecule has 0 atom stereocenters. The number of amides is 1. The Bertz CT molecular complexity index is 962. The molecular weight excluding hydrogens is 357 g/mol. The second kappa shape index (κ2) is 7.49. The zero-order chi connectivity index (χ0) is 19.4. The summed E-state index contributed by atoms with van der Waals surface area (Å²) >= 11 is 0. The summed E-state index contributed by atoms with van der Waals surface area (Å²) in [7, 11) is 0. The van der Waals surface area contributed by atoms with Crippen molar-refractivity contribution in [2.75, 3.05) is 5.32 Å². The van der Waals surface area contributed by atoms with Crippen LogP contribution in [0.1, 0.15) is 11.3 Å². The van der Waals surface area contributed by atoms with E-state index in [1.807, 2.05) is 6.07 Å². The van der Waals surface area contributed by atoms with E-state index in [2.05, 4.69) is 10.5 Å². The minimum absolute atomic E-state index is 0.0922. The van der Waals surface area contributed by atoms with Crippen molar-refractivity contribution in [2.45, 2.75) is 13.1 Å². The molecule has 0 spiro atoms. The third kappa shape index (κ3) is 4.25. The smallest absolute Gasteiger partial charge is 0.354 e. The minimum Gasteiger partial charge on any atom is -0.354 e. The van der Waals surface area contributed by atoms with Gasteiger partial charge in [0.05, 0.1) is 5.57 Å². The Balaban J connectivity index is 1.94. The summed E-state index contributed by atoms with van der Waals surface area (Å²) in [5, 5.41) is 6.26. The van der Waals surface area contributed by atoms with E-state index in [0.717, 1.165) is 0 Å². The van der Waals surface area contributed by atoms with E-state index in [-0.39, 0.29) is 17.0 Å². The number of allylic oxidation sites excluding steroid dienone is 1. The van der Waals surface area contributed by atoms with E-state index >= 15 is 0 Å². The Labute approximate surface area is 153 Å². The molecule has 0 bridgehead atoms. The molecule has 138 valence electrons. The maximum atomic E-state index is 13.4. The van der Waals surface area contributed by atoms with E-state index in [1.165, 1.54) is 24.3 Å². The van der Waals surface area contributed by atoms with Gasteiger partial charge in [-0.3, -0.25) is 4.79 Å². The highest BCUT2D eigenvalue weighted by molar-refractivity contribution is 6.06. The fourth-order valence-corrected chi connectivity index (χ4v) is 2.54. The van der Waals surface area contributed by atoms with Gasteiger partial charge >= 0.3 is 6.18 Å². The first kappa shape index (κ1) is 18.4. The monoisotopic (exact) mass is 372 g/mol. The first-order chi connectivity index (χ1) is 12.9. The molecule has 0 aliphatic carbocycles. The highest BCUT2D eigenvalue weighted by Gasteiger charge is 2.35. The number of rotatable bonds is 4. The molecule has 1 amide bonds. The number of carbonyl (C=O) groups excluding carboxylic acids is 1. The number of aryl methyl sites for hydroxylation is 1. The fraction of sp³-hybridized carbons (Fsp3) is 0.100. The summed E-state index contributed by atoms with van der Waals surface area (Å²) < 4.78 is 45.4. The van der Waals surface area contributed by atoms with Crippen molar-refractivity contribution in [1.82, 2.24) is 5.16 Å². The van der Waals surface area contributed by atoms with Crippen LogP contribution in [0.25, 0.3) is 16.9 Å². The Morgan fingerprint density at radius 2 is 1.63 bits per heavy atom. The third-order valence-corrected chi connectivity index (χ3v) is 3.81. The molecule has 0 radical (unpaired) electrons. The first-order valence-corrected chi connectivity index (χ1v) is 8.03. The zero-order valence-corrected chi connectivity index (χ0v) is 14.2. The van der Waals surface area contributed by atoms with Crippen molar-refractivity contribution in [3.8, 4) is 11.3 Å². The highest BCUT2D eigenvalue weighted by atomic mass is 19.4. The van der Waals surface area contributed by atoms with Crippen molar-refractivity contribution in [1.29, 1.82) is 0 Å². The van der Waals surface area contributed by atoms with Crippen molar-refractivity contribution in [2.24, 2.45) is 0 Å². The summed E-state index contributed by atoms with van der Waals surface area (Å²) in [5.74, 6) is -0.641. The molecule has 7 heteroatoms. The van der Waals surface area contributed by atoms with Crippen LogP contribution in [0.3, 0.4) is 0 Å². The van der Waals surface area contributed by atoms with Gasteiger partial charge in [0.15, 0.2) is 5.76 Å². The highest BCUT2D eigenvalue weighted by Crippen LogP contribution is 2.34. The lowest BCUT2D eigenvalue weighted by molar-refractivity contribution is -0.112. The number of benzene rings is 2. The number of hydrogen-bond donors (Lipinski definition) is 1. The van der Waals surface area contributed by atoms with Crippen LogP contribution in [0.5, 0.6) is 0 Å². The number of aromatic nitrogens is 1. The van der Waals surface area contributed by atoms with Crippen LogP contribution >= 0.6 is 0 Å². The number of halogens is 3. The second-order valence-corrected chi connectivity index (χ2v) is 5.75. The van der Waals surface area contributed by atoms with Gasteiger partial charge in [-0.15, -0.1) is 0 Å². The van der Waals surface area contributed by atoms with Crippen LogP contribution in [0, 0.1) is 6.92 Å². The van der Waals surface area contributed by atoms with Crippen LogP contribution < -0.4 is 5.32 Å². The molecule has 0 unspecified atom stereocenters. The molecule has 3 rings (SSSR count). The lowest BCUT2D eigenvalue weighted by Crippen LogP contribution is -2.16. The number of alkyl halides is 3. The van der Waals surface area contributed by atoms with Gasteiger partial charge in [0, 0.05) is 11.6 Å². The van der Waals surface area contributed by atoms with Crippen LogP contribution in [-0.2, 0) is 4.79 Å². The Morgan fingerprint density at radius 3 is 2.22 bits per heavy atom.